The topological polar surface area (TPSA) is 47.9 Å². The Morgan fingerprint density at radius 2 is 1.73 bits per heavy atom. The van der Waals surface area contributed by atoms with Gasteiger partial charge in [-0.1, -0.05) is 13.3 Å². The van der Waals surface area contributed by atoms with E-state index in [0.29, 0.717) is 11.5 Å². The molecule has 0 fully saturated rings. The molecule has 1 rings (SSSR count). The van der Waals surface area contributed by atoms with E-state index in [0.717, 1.165) is 18.4 Å². The predicted octanol–water partition coefficient (Wildman–Crippen LogP) is 3.05. The van der Waals surface area contributed by atoms with E-state index in [1.165, 1.54) is 14.2 Å². The molecule has 0 aliphatic carbocycles. The third-order valence-electron chi connectivity index (χ3n) is 2.17. The molecule has 1 aromatic carbocycles. The summed E-state index contributed by atoms with van der Waals surface area (Å²) < 4.78 is 10.2. The molecule has 0 N–H and O–H groups in total. The molecule has 0 saturated carbocycles. The van der Waals surface area contributed by atoms with Crippen LogP contribution in [0.5, 0.6) is 11.5 Å². The number of ether oxygens (including phenoxy) is 2. The van der Waals surface area contributed by atoms with Gasteiger partial charge in [-0.25, -0.2) is 0 Å². The highest BCUT2D eigenvalue weighted by atomic mass is 16.5. The highest BCUT2D eigenvalue weighted by Gasteiger charge is 2.12. The number of rotatable bonds is 5. The Hall–Kier alpha value is -1.58. The van der Waals surface area contributed by atoms with Crippen LogP contribution in [-0.2, 0) is 6.42 Å². The van der Waals surface area contributed by atoms with Crippen LogP contribution >= 0.6 is 0 Å². The summed E-state index contributed by atoms with van der Waals surface area (Å²) in [6.45, 7) is 2.09. The Bertz CT molecular complexity index is 325. The zero-order valence-electron chi connectivity index (χ0n) is 9.24. The van der Waals surface area contributed by atoms with Crippen LogP contribution in [0.2, 0.25) is 0 Å². The average Bonchev–Trinajstić information content (AvgIpc) is 2.28. The molecule has 0 aliphatic rings. The van der Waals surface area contributed by atoms with Crippen LogP contribution in [0.1, 0.15) is 18.9 Å². The molecule has 0 saturated heterocycles. The lowest BCUT2D eigenvalue weighted by Crippen LogP contribution is -1.92. The second kappa shape index (κ2) is 5.34. The molecule has 0 radical (unpaired) electrons. The van der Waals surface area contributed by atoms with Gasteiger partial charge in [0.25, 0.3) is 0 Å². The first-order chi connectivity index (χ1) is 7.26. The van der Waals surface area contributed by atoms with Crippen molar-refractivity contribution >= 4 is 5.69 Å². The van der Waals surface area contributed by atoms with E-state index in [-0.39, 0.29) is 5.69 Å². The summed E-state index contributed by atoms with van der Waals surface area (Å²) in [6, 6.07) is 3.64. The fraction of sp³-hybridized carbons (Fsp3) is 0.455. The molecule has 0 unspecified atom stereocenters. The van der Waals surface area contributed by atoms with Crippen molar-refractivity contribution in [1.29, 1.82) is 0 Å². The fourth-order valence-electron chi connectivity index (χ4n) is 1.47. The van der Waals surface area contributed by atoms with E-state index >= 15 is 0 Å². The van der Waals surface area contributed by atoms with Crippen LogP contribution in [0.25, 0.3) is 0 Å². The molecule has 0 bridgehead atoms. The summed E-state index contributed by atoms with van der Waals surface area (Å²) in [5.74, 6) is 0.931. The molecule has 0 spiro atoms. The van der Waals surface area contributed by atoms with Crippen molar-refractivity contribution in [3.05, 3.63) is 22.6 Å². The molecule has 0 aliphatic heterocycles. The lowest BCUT2D eigenvalue weighted by molar-refractivity contribution is 0.396. The van der Waals surface area contributed by atoms with E-state index in [2.05, 4.69) is 12.1 Å². The maximum Gasteiger partial charge on any atom is 0.191 e. The maximum atomic E-state index is 10.6. The van der Waals surface area contributed by atoms with Gasteiger partial charge in [0, 0.05) is 0 Å². The quantitative estimate of drug-likeness (QED) is 0.700. The first-order valence-corrected chi connectivity index (χ1v) is 4.85. The van der Waals surface area contributed by atoms with Gasteiger partial charge in [-0.3, -0.25) is 0 Å². The summed E-state index contributed by atoms with van der Waals surface area (Å²) >= 11 is 0. The SMILES string of the molecule is CCCc1cc(OC)c(N=O)c(OC)c1. The van der Waals surface area contributed by atoms with Crippen molar-refractivity contribution in [2.75, 3.05) is 14.2 Å². The van der Waals surface area contributed by atoms with Crippen molar-refractivity contribution in [2.24, 2.45) is 5.18 Å². The highest BCUT2D eigenvalue weighted by molar-refractivity contribution is 5.63. The number of aryl methyl sites for hydroxylation is 1. The van der Waals surface area contributed by atoms with E-state index in [9.17, 15) is 4.91 Å². The van der Waals surface area contributed by atoms with Crippen molar-refractivity contribution in [1.82, 2.24) is 0 Å². The Morgan fingerprint density at radius 3 is 2.07 bits per heavy atom. The minimum atomic E-state index is 0.222. The van der Waals surface area contributed by atoms with Gasteiger partial charge in [0.15, 0.2) is 17.2 Å². The van der Waals surface area contributed by atoms with Gasteiger partial charge in [0.1, 0.15) is 0 Å². The van der Waals surface area contributed by atoms with Gasteiger partial charge in [-0.15, -0.1) is 4.91 Å². The molecule has 1 aromatic rings. The van der Waals surface area contributed by atoms with Crippen LogP contribution in [0.3, 0.4) is 0 Å². The van der Waals surface area contributed by atoms with Crippen LogP contribution < -0.4 is 9.47 Å². The molecule has 0 aromatic heterocycles. The minimum Gasteiger partial charge on any atom is -0.494 e. The van der Waals surface area contributed by atoms with Crippen LogP contribution in [0.15, 0.2) is 17.3 Å². The number of hydrogen-bond acceptors (Lipinski definition) is 4. The van der Waals surface area contributed by atoms with Gasteiger partial charge < -0.3 is 9.47 Å². The van der Waals surface area contributed by atoms with Crippen molar-refractivity contribution in [2.45, 2.75) is 19.8 Å². The van der Waals surface area contributed by atoms with Crippen LogP contribution in [0, 0.1) is 4.91 Å². The van der Waals surface area contributed by atoms with Gasteiger partial charge in [0.2, 0.25) is 0 Å². The third-order valence-corrected chi connectivity index (χ3v) is 2.17. The summed E-state index contributed by atoms with van der Waals surface area (Å²) in [7, 11) is 3.03. The van der Waals surface area contributed by atoms with Gasteiger partial charge in [-0.2, -0.15) is 0 Å². The minimum absolute atomic E-state index is 0.222. The molecule has 0 heterocycles. The smallest absolute Gasteiger partial charge is 0.191 e. The molecular formula is C11H15NO3. The monoisotopic (exact) mass is 209 g/mol. The summed E-state index contributed by atoms with van der Waals surface area (Å²) in [5, 5.41) is 2.91. The lowest BCUT2D eigenvalue weighted by Gasteiger charge is -2.10. The van der Waals surface area contributed by atoms with Crippen LogP contribution in [0.4, 0.5) is 5.69 Å². The summed E-state index contributed by atoms with van der Waals surface area (Å²) in [5.41, 5.74) is 1.30. The first kappa shape index (κ1) is 11.5. The van der Waals surface area contributed by atoms with E-state index in [1.54, 1.807) is 0 Å². The molecule has 15 heavy (non-hydrogen) atoms. The number of nitroso groups, excluding NO2 is 1. The maximum absolute atomic E-state index is 10.6. The highest BCUT2D eigenvalue weighted by Crippen LogP contribution is 2.38. The largest absolute Gasteiger partial charge is 0.494 e. The van der Waals surface area contributed by atoms with Crippen LogP contribution in [-0.4, -0.2) is 14.2 Å². The molecule has 0 atom stereocenters. The van der Waals surface area contributed by atoms with Gasteiger partial charge >= 0.3 is 0 Å². The normalized spacial score (nSPS) is 9.80. The zero-order valence-corrected chi connectivity index (χ0v) is 9.24. The Morgan fingerprint density at radius 1 is 1.20 bits per heavy atom. The third kappa shape index (κ3) is 2.46. The van der Waals surface area contributed by atoms with Crippen molar-refractivity contribution < 1.29 is 9.47 Å². The van der Waals surface area contributed by atoms with Gasteiger partial charge in [0.05, 0.1) is 14.2 Å². The predicted molar refractivity (Wildman–Crippen MR) is 59.0 cm³/mol. The zero-order chi connectivity index (χ0) is 11.3. The van der Waals surface area contributed by atoms with Crippen molar-refractivity contribution in [3.8, 4) is 11.5 Å². The number of methoxy groups -OCH3 is 2. The van der Waals surface area contributed by atoms with E-state index in [1.807, 2.05) is 12.1 Å². The van der Waals surface area contributed by atoms with E-state index < -0.39 is 0 Å². The van der Waals surface area contributed by atoms with E-state index in [4.69, 9.17) is 9.47 Å². The molecule has 4 nitrogen and oxygen atoms in total. The average molecular weight is 209 g/mol. The second-order valence-electron chi connectivity index (χ2n) is 3.19. The van der Waals surface area contributed by atoms with Crippen molar-refractivity contribution in [3.63, 3.8) is 0 Å². The molecule has 82 valence electrons. The lowest BCUT2D eigenvalue weighted by atomic mass is 10.1. The molecular weight excluding hydrogens is 194 g/mol. The Balaban J connectivity index is 3.22. The fourth-order valence-corrected chi connectivity index (χ4v) is 1.47. The molecule has 0 amide bonds. The number of nitrogens with zero attached hydrogens (tertiary/aromatic N) is 1. The summed E-state index contributed by atoms with van der Waals surface area (Å²) in [6.07, 6.45) is 1.95. The molecule has 4 heteroatoms. The number of hydrogen-bond donors (Lipinski definition) is 0. The first-order valence-electron chi connectivity index (χ1n) is 4.85. The van der Waals surface area contributed by atoms with Gasteiger partial charge in [-0.05, 0) is 29.3 Å². The Labute approximate surface area is 89.2 Å². The standard InChI is InChI=1S/C11H15NO3/c1-4-5-8-6-9(14-2)11(12-13)10(7-8)15-3/h6-7H,4-5H2,1-3H3. The number of benzene rings is 1. The Kier molecular flexibility index (Phi) is 4.09. The second-order valence-corrected chi connectivity index (χ2v) is 3.19. The summed E-state index contributed by atoms with van der Waals surface area (Å²) in [4.78, 5) is 10.6.